The van der Waals surface area contributed by atoms with Gasteiger partial charge in [0.1, 0.15) is 25.1 Å². The summed E-state index contributed by atoms with van der Waals surface area (Å²) in [5, 5.41) is 0. The fourth-order valence-corrected chi connectivity index (χ4v) is 2.68. The number of ether oxygens (including phenoxy) is 1. The van der Waals surface area contributed by atoms with E-state index in [0.717, 1.165) is 37.9 Å². The summed E-state index contributed by atoms with van der Waals surface area (Å²) in [6.07, 6.45) is 12.0. The second-order valence-electron chi connectivity index (χ2n) is 5.37. The third-order valence-corrected chi connectivity index (χ3v) is 3.99. The van der Waals surface area contributed by atoms with Gasteiger partial charge >= 0.3 is 0 Å². The highest BCUT2D eigenvalue weighted by atomic mass is 16.5. The summed E-state index contributed by atoms with van der Waals surface area (Å²) in [4.78, 5) is 3.08. The highest BCUT2D eigenvalue weighted by molar-refractivity contribution is 5.51. The predicted molar refractivity (Wildman–Crippen MR) is 86.7 cm³/mol. The van der Waals surface area contributed by atoms with E-state index >= 15 is 0 Å². The number of rotatable bonds is 8. The minimum atomic E-state index is 0.159. The first-order valence-electron chi connectivity index (χ1n) is 7.87. The number of nitrogens with one attached hydrogen (secondary N) is 1. The average Bonchev–Trinajstić information content (AvgIpc) is 2.82. The van der Waals surface area contributed by atoms with Gasteiger partial charge in [-0.25, -0.2) is 0 Å². The van der Waals surface area contributed by atoms with Crippen LogP contribution in [0.2, 0.25) is 0 Å². The van der Waals surface area contributed by atoms with Gasteiger partial charge < -0.3 is 4.74 Å². The summed E-state index contributed by atoms with van der Waals surface area (Å²) in [7, 11) is 1.93. The van der Waals surface area contributed by atoms with Crippen molar-refractivity contribution in [1.82, 2.24) is 0 Å². The van der Waals surface area contributed by atoms with Gasteiger partial charge in [0, 0.05) is 12.3 Å². The Labute approximate surface area is 124 Å². The first-order valence-corrected chi connectivity index (χ1v) is 7.87. The third-order valence-electron chi connectivity index (χ3n) is 3.99. The topological polar surface area (TPSA) is 23.2 Å². The van der Waals surface area contributed by atoms with Crippen LogP contribution in [0, 0.1) is 5.92 Å². The molecule has 1 N–H and O–H groups in total. The first-order chi connectivity index (χ1) is 9.67. The molecule has 2 heteroatoms. The van der Waals surface area contributed by atoms with E-state index in [1.54, 1.807) is 0 Å². The minimum absolute atomic E-state index is 0.159. The van der Waals surface area contributed by atoms with E-state index in [2.05, 4.69) is 44.6 Å². The fourth-order valence-electron chi connectivity index (χ4n) is 2.68. The van der Waals surface area contributed by atoms with Crippen LogP contribution in [0.15, 0.2) is 35.6 Å². The van der Waals surface area contributed by atoms with E-state index in [0.29, 0.717) is 5.92 Å². The van der Waals surface area contributed by atoms with Crippen molar-refractivity contribution in [2.24, 2.45) is 5.92 Å². The molecular formula is C18H30NO+. The van der Waals surface area contributed by atoms with Crippen LogP contribution in [0.3, 0.4) is 0 Å². The van der Waals surface area contributed by atoms with Gasteiger partial charge in [0.05, 0.1) is 0 Å². The van der Waals surface area contributed by atoms with Crippen molar-refractivity contribution in [3.05, 3.63) is 35.6 Å². The Kier molecular flexibility index (Phi) is 7.35. The minimum Gasteiger partial charge on any atom is -0.490 e. The van der Waals surface area contributed by atoms with Crippen LogP contribution in [-0.2, 0) is 4.74 Å². The monoisotopic (exact) mass is 276 g/mol. The lowest BCUT2D eigenvalue weighted by Crippen LogP contribution is -2.63. The number of hydrogen-bond donors (Lipinski definition) is 1. The normalized spacial score (nSPS) is 20.7. The Balaban J connectivity index is 2.82. The predicted octanol–water partition coefficient (Wildman–Crippen LogP) is 3.16. The van der Waals surface area contributed by atoms with Crippen LogP contribution in [0.4, 0.5) is 0 Å². The molecule has 1 aliphatic rings. The van der Waals surface area contributed by atoms with Gasteiger partial charge in [-0.05, 0) is 43.8 Å². The molecule has 0 aliphatic heterocycles. The van der Waals surface area contributed by atoms with Crippen molar-refractivity contribution in [3.8, 4) is 0 Å². The lowest BCUT2D eigenvalue weighted by molar-refractivity contribution is -0.415. The third kappa shape index (κ3) is 4.36. The maximum absolute atomic E-state index is 6.32. The molecule has 2 nitrogen and oxygen atoms in total. The van der Waals surface area contributed by atoms with Crippen molar-refractivity contribution in [3.63, 3.8) is 0 Å². The molecule has 0 heterocycles. The van der Waals surface area contributed by atoms with E-state index < -0.39 is 0 Å². The molecule has 0 radical (unpaired) electrons. The second kappa shape index (κ2) is 8.78. The van der Waals surface area contributed by atoms with Gasteiger partial charge in [0.15, 0.2) is 0 Å². The average molecular weight is 276 g/mol. The highest BCUT2D eigenvalue weighted by Crippen LogP contribution is 2.36. The molecule has 0 aromatic rings. The Morgan fingerprint density at radius 1 is 1.35 bits per heavy atom. The van der Waals surface area contributed by atoms with Gasteiger partial charge in [-0.15, -0.1) is 6.58 Å². The lowest BCUT2D eigenvalue weighted by atomic mass is 10.00. The number of hydrogen-bond acceptors (Lipinski definition) is 1. The maximum Gasteiger partial charge on any atom is 0.138 e. The van der Waals surface area contributed by atoms with E-state index in [1.165, 1.54) is 11.1 Å². The van der Waals surface area contributed by atoms with E-state index in [1.807, 2.05) is 13.1 Å². The number of allylic oxidation sites excluding steroid dienone is 3. The van der Waals surface area contributed by atoms with Crippen molar-refractivity contribution in [2.75, 3.05) is 7.05 Å². The molecule has 0 aromatic carbocycles. The zero-order valence-electron chi connectivity index (χ0n) is 13.5. The van der Waals surface area contributed by atoms with Crippen molar-refractivity contribution >= 4 is 6.21 Å². The second-order valence-corrected chi connectivity index (χ2v) is 5.37. The van der Waals surface area contributed by atoms with E-state index in [9.17, 15) is 0 Å². The SMILES string of the molecule is C=CC(CC=[NH+]C)C(C)OC1=C(CC)CC/C1=C\CC. The van der Waals surface area contributed by atoms with Gasteiger partial charge in [-0.2, -0.15) is 0 Å². The lowest BCUT2D eigenvalue weighted by Gasteiger charge is -2.23. The molecule has 2 unspecified atom stereocenters. The molecule has 0 spiro atoms. The molecule has 2 atom stereocenters. The van der Waals surface area contributed by atoms with Crippen LogP contribution in [-0.4, -0.2) is 19.4 Å². The largest absolute Gasteiger partial charge is 0.490 e. The van der Waals surface area contributed by atoms with Crippen LogP contribution in [0.25, 0.3) is 0 Å². The van der Waals surface area contributed by atoms with Crippen molar-refractivity contribution in [2.45, 2.75) is 59.0 Å². The van der Waals surface area contributed by atoms with Crippen LogP contribution in [0.5, 0.6) is 0 Å². The zero-order valence-corrected chi connectivity index (χ0v) is 13.5. The van der Waals surface area contributed by atoms with Crippen LogP contribution >= 0.6 is 0 Å². The molecule has 1 rings (SSSR count). The van der Waals surface area contributed by atoms with E-state index in [-0.39, 0.29) is 6.10 Å². The summed E-state index contributed by atoms with van der Waals surface area (Å²) in [5.74, 6) is 1.51. The molecule has 20 heavy (non-hydrogen) atoms. The molecule has 0 bridgehead atoms. The van der Waals surface area contributed by atoms with Gasteiger partial charge in [0.2, 0.25) is 0 Å². The highest BCUT2D eigenvalue weighted by Gasteiger charge is 2.24. The Morgan fingerprint density at radius 3 is 2.65 bits per heavy atom. The maximum atomic E-state index is 6.32. The zero-order chi connectivity index (χ0) is 15.0. The smallest absolute Gasteiger partial charge is 0.138 e. The molecule has 1 aliphatic carbocycles. The van der Waals surface area contributed by atoms with Crippen LogP contribution < -0.4 is 4.99 Å². The molecule has 0 amide bonds. The van der Waals surface area contributed by atoms with Gasteiger partial charge in [0.25, 0.3) is 0 Å². The molecule has 0 aromatic heterocycles. The standard InChI is InChI=1S/C18H29NO/c1-6-9-17-11-10-16(8-3)18(17)20-14(4)15(7-2)12-13-19-5/h7,9,13-15H,2,6,8,10-12H2,1,3-5H3/p+1/b17-9+,19-13?. The Hall–Kier alpha value is -1.31. The summed E-state index contributed by atoms with van der Waals surface area (Å²) in [5.41, 5.74) is 2.87. The first kappa shape index (κ1) is 16.7. The molecule has 0 saturated carbocycles. The van der Waals surface area contributed by atoms with Gasteiger partial charge in [-0.3, -0.25) is 4.99 Å². The quantitative estimate of drug-likeness (QED) is 0.534. The summed E-state index contributed by atoms with van der Waals surface area (Å²) in [6, 6.07) is 0. The summed E-state index contributed by atoms with van der Waals surface area (Å²) < 4.78 is 6.32. The summed E-state index contributed by atoms with van der Waals surface area (Å²) >= 11 is 0. The van der Waals surface area contributed by atoms with Crippen molar-refractivity contribution < 1.29 is 9.73 Å². The molecule has 0 fully saturated rings. The Morgan fingerprint density at radius 2 is 2.10 bits per heavy atom. The van der Waals surface area contributed by atoms with E-state index in [4.69, 9.17) is 4.74 Å². The van der Waals surface area contributed by atoms with Gasteiger partial charge in [-0.1, -0.05) is 26.0 Å². The van der Waals surface area contributed by atoms with Crippen LogP contribution in [0.1, 0.15) is 52.9 Å². The molecule has 112 valence electrons. The van der Waals surface area contributed by atoms with Crippen molar-refractivity contribution in [1.29, 1.82) is 0 Å². The molecular weight excluding hydrogens is 246 g/mol. The molecule has 0 saturated heterocycles. The fraction of sp³-hybridized carbons (Fsp3) is 0.611. The summed E-state index contributed by atoms with van der Waals surface area (Å²) in [6.45, 7) is 10.5. The Bertz CT molecular complexity index is 404.